The van der Waals surface area contributed by atoms with Crippen LogP contribution in [0, 0.1) is 12.8 Å². The van der Waals surface area contributed by atoms with Gasteiger partial charge in [0, 0.05) is 25.8 Å². The first-order chi connectivity index (χ1) is 7.15. The average Bonchev–Trinajstić information content (AvgIpc) is 2.15. The summed E-state index contributed by atoms with van der Waals surface area (Å²) >= 11 is 0. The average molecular weight is 205 g/mol. The van der Waals surface area contributed by atoms with Crippen molar-refractivity contribution < 1.29 is 0 Å². The largest absolute Gasteiger partial charge is 0.359 e. The van der Waals surface area contributed by atoms with Crippen LogP contribution in [0.3, 0.4) is 0 Å². The van der Waals surface area contributed by atoms with Crippen LogP contribution >= 0.6 is 0 Å². The van der Waals surface area contributed by atoms with Gasteiger partial charge in [-0.1, -0.05) is 0 Å². The van der Waals surface area contributed by atoms with E-state index in [2.05, 4.69) is 29.9 Å². The van der Waals surface area contributed by atoms with E-state index < -0.39 is 0 Å². The normalized spacial score (nSPS) is 24.7. The van der Waals surface area contributed by atoms with Gasteiger partial charge >= 0.3 is 0 Å². The highest BCUT2D eigenvalue weighted by molar-refractivity contribution is 5.39. The number of rotatable bonds is 3. The molecule has 0 bridgehead atoms. The number of nitrogens with two attached hydrogens (primary N) is 1. The molecule has 82 valence electrons. The van der Waals surface area contributed by atoms with E-state index in [-0.39, 0.29) is 0 Å². The molecule has 0 saturated heterocycles. The first kappa shape index (κ1) is 10.4. The van der Waals surface area contributed by atoms with E-state index in [4.69, 9.17) is 5.73 Å². The highest BCUT2D eigenvalue weighted by atomic mass is 15.2. The molecule has 1 aliphatic carbocycles. The summed E-state index contributed by atoms with van der Waals surface area (Å²) in [7, 11) is 2.10. The number of pyridine rings is 1. The third-order valence-electron chi connectivity index (χ3n) is 3.10. The van der Waals surface area contributed by atoms with E-state index >= 15 is 0 Å². The molecule has 0 radical (unpaired) electrons. The predicted molar refractivity (Wildman–Crippen MR) is 62.9 cm³/mol. The van der Waals surface area contributed by atoms with Gasteiger partial charge in [-0.3, -0.25) is 0 Å². The van der Waals surface area contributed by atoms with Gasteiger partial charge in [-0.25, -0.2) is 4.98 Å². The number of anilines is 1. The molecule has 1 aromatic heterocycles. The van der Waals surface area contributed by atoms with Crippen molar-refractivity contribution in [1.29, 1.82) is 0 Å². The lowest BCUT2D eigenvalue weighted by Crippen LogP contribution is -2.42. The zero-order valence-corrected chi connectivity index (χ0v) is 9.48. The minimum atomic E-state index is 0.439. The molecule has 1 heterocycles. The van der Waals surface area contributed by atoms with Crippen molar-refractivity contribution in [3.05, 3.63) is 23.9 Å². The van der Waals surface area contributed by atoms with Crippen molar-refractivity contribution in [2.24, 2.45) is 11.7 Å². The van der Waals surface area contributed by atoms with E-state index in [1.165, 1.54) is 5.56 Å². The van der Waals surface area contributed by atoms with Gasteiger partial charge in [0.2, 0.25) is 0 Å². The summed E-state index contributed by atoms with van der Waals surface area (Å²) in [6.07, 6.45) is 4.19. The first-order valence-corrected chi connectivity index (χ1v) is 5.54. The molecule has 3 nitrogen and oxygen atoms in total. The Morgan fingerprint density at radius 2 is 2.27 bits per heavy atom. The van der Waals surface area contributed by atoms with Gasteiger partial charge in [-0.2, -0.15) is 0 Å². The molecule has 0 aromatic carbocycles. The molecule has 1 saturated carbocycles. The van der Waals surface area contributed by atoms with E-state index in [0.717, 1.165) is 31.1 Å². The number of hydrogen-bond acceptors (Lipinski definition) is 3. The molecule has 0 amide bonds. The van der Waals surface area contributed by atoms with Crippen molar-refractivity contribution in [1.82, 2.24) is 4.98 Å². The van der Waals surface area contributed by atoms with Crippen LogP contribution in [0.2, 0.25) is 0 Å². The SMILES string of the molecule is Cc1ccnc(N(C)CC2CC(N)C2)c1. The zero-order valence-electron chi connectivity index (χ0n) is 9.48. The van der Waals surface area contributed by atoms with Gasteiger partial charge in [-0.05, 0) is 43.4 Å². The Kier molecular flexibility index (Phi) is 2.91. The Bertz CT molecular complexity index is 331. The van der Waals surface area contributed by atoms with Crippen LogP contribution in [-0.2, 0) is 0 Å². The summed E-state index contributed by atoms with van der Waals surface area (Å²) in [6, 6.07) is 4.59. The smallest absolute Gasteiger partial charge is 0.128 e. The minimum Gasteiger partial charge on any atom is -0.359 e. The molecular formula is C12H19N3. The maximum Gasteiger partial charge on any atom is 0.128 e. The highest BCUT2D eigenvalue weighted by Crippen LogP contribution is 2.27. The molecule has 0 unspecified atom stereocenters. The lowest BCUT2D eigenvalue weighted by Gasteiger charge is -2.35. The molecular weight excluding hydrogens is 186 g/mol. The zero-order chi connectivity index (χ0) is 10.8. The van der Waals surface area contributed by atoms with Crippen LogP contribution in [0.4, 0.5) is 5.82 Å². The number of hydrogen-bond donors (Lipinski definition) is 1. The summed E-state index contributed by atoms with van der Waals surface area (Å²) in [5.41, 5.74) is 7.03. The second-order valence-corrected chi connectivity index (χ2v) is 4.67. The van der Waals surface area contributed by atoms with Crippen LogP contribution in [0.1, 0.15) is 18.4 Å². The Labute approximate surface area is 91.3 Å². The van der Waals surface area contributed by atoms with E-state index in [1.54, 1.807) is 0 Å². The van der Waals surface area contributed by atoms with E-state index in [0.29, 0.717) is 6.04 Å². The summed E-state index contributed by atoms with van der Waals surface area (Å²) < 4.78 is 0. The molecule has 0 aliphatic heterocycles. The quantitative estimate of drug-likeness (QED) is 0.814. The van der Waals surface area contributed by atoms with Gasteiger partial charge in [0.05, 0.1) is 0 Å². The third-order valence-corrected chi connectivity index (χ3v) is 3.10. The molecule has 15 heavy (non-hydrogen) atoms. The Balaban J connectivity index is 1.93. The van der Waals surface area contributed by atoms with E-state index in [1.807, 2.05) is 12.3 Å². The van der Waals surface area contributed by atoms with Gasteiger partial charge in [0.25, 0.3) is 0 Å². The van der Waals surface area contributed by atoms with Crippen LogP contribution in [-0.4, -0.2) is 24.6 Å². The fourth-order valence-electron chi connectivity index (χ4n) is 2.15. The maximum absolute atomic E-state index is 5.77. The maximum atomic E-state index is 5.77. The molecule has 2 N–H and O–H groups in total. The van der Waals surface area contributed by atoms with E-state index in [9.17, 15) is 0 Å². The highest BCUT2D eigenvalue weighted by Gasteiger charge is 2.26. The standard InChI is InChI=1S/C12H19N3/c1-9-3-4-14-12(5-9)15(2)8-10-6-11(13)7-10/h3-5,10-11H,6-8,13H2,1-2H3. The summed E-state index contributed by atoms with van der Waals surface area (Å²) in [4.78, 5) is 6.59. The molecule has 2 rings (SSSR count). The number of nitrogens with zero attached hydrogens (tertiary/aromatic N) is 2. The first-order valence-electron chi connectivity index (χ1n) is 5.54. The molecule has 1 aromatic rings. The van der Waals surface area contributed by atoms with Crippen LogP contribution in [0.15, 0.2) is 18.3 Å². The van der Waals surface area contributed by atoms with Crippen molar-refractivity contribution in [2.75, 3.05) is 18.5 Å². The van der Waals surface area contributed by atoms with Crippen molar-refractivity contribution in [3.63, 3.8) is 0 Å². The second-order valence-electron chi connectivity index (χ2n) is 4.67. The summed E-state index contributed by atoms with van der Waals surface area (Å²) in [5, 5.41) is 0. The van der Waals surface area contributed by atoms with Crippen molar-refractivity contribution in [2.45, 2.75) is 25.8 Å². The molecule has 3 heteroatoms. The van der Waals surface area contributed by atoms with Gasteiger partial charge < -0.3 is 10.6 Å². The Morgan fingerprint density at radius 1 is 1.53 bits per heavy atom. The second kappa shape index (κ2) is 4.19. The van der Waals surface area contributed by atoms with Gasteiger partial charge in [-0.15, -0.1) is 0 Å². The molecule has 1 aliphatic rings. The van der Waals surface area contributed by atoms with Crippen molar-refractivity contribution >= 4 is 5.82 Å². The fraction of sp³-hybridized carbons (Fsp3) is 0.583. The Morgan fingerprint density at radius 3 is 2.87 bits per heavy atom. The predicted octanol–water partition coefficient (Wildman–Crippen LogP) is 1.56. The van der Waals surface area contributed by atoms with Gasteiger partial charge in [0.15, 0.2) is 0 Å². The summed E-state index contributed by atoms with van der Waals surface area (Å²) in [5.74, 6) is 1.82. The monoisotopic (exact) mass is 205 g/mol. The molecule has 1 fully saturated rings. The van der Waals surface area contributed by atoms with Gasteiger partial charge in [0.1, 0.15) is 5.82 Å². The fourth-order valence-corrected chi connectivity index (χ4v) is 2.15. The van der Waals surface area contributed by atoms with Crippen LogP contribution in [0.25, 0.3) is 0 Å². The lowest BCUT2D eigenvalue weighted by molar-refractivity contribution is 0.270. The number of aryl methyl sites for hydroxylation is 1. The molecule has 0 atom stereocenters. The van der Waals surface area contributed by atoms with Crippen LogP contribution < -0.4 is 10.6 Å². The minimum absolute atomic E-state index is 0.439. The summed E-state index contributed by atoms with van der Waals surface area (Å²) in [6.45, 7) is 3.17. The topological polar surface area (TPSA) is 42.2 Å². The third kappa shape index (κ3) is 2.48. The Hall–Kier alpha value is -1.09. The molecule has 0 spiro atoms. The van der Waals surface area contributed by atoms with Crippen molar-refractivity contribution in [3.8, 4) is 0 Å². The number of aromatic nitrogens is 1. The van der Waals surface area contributed by atoms with Crippen LogP contribution in [0.5, 0.6) is 0 Å². The lowest BCUT2D eigenvalue weighted by atomic mass is 9.80.